The van der Waals surface area contributed by atoms with Crippen LogP contribution in [0.5, 0.6) is 0 Å². The third kappa shape index (κ3) is 3.95. The zero-order chi connectivity index (χ0) is 14.4. The van der Waals surface area contributed by atoms with E-state index in [0.717, 1.165) is 22.7 Å². The molecule has 0 radical (unpaired) electrons. The average Bonchev–Trinajstić information content (AvgIpc) is 2.47. The van der Waals surface area contributed by atoms with E-state index in [1.165, 1.54) is 5.56 Å². The molecule has 104 valence electrons. The van der Waals surface area contributed by atoms with Gasteiger partial charge in [-0.25, -0.2) is 0 Å². The Morgan fingerprint density at radius 1 is 1.05 bits per heavy atom. The molecule has 0 saturated heterocycles. The highest BCUT2D eigenvalue weighted by Gasteiger charge is 2.03. The third-order valence-electron chi connectivity index (χ3n) is 3.04. The molecule has 20 heavy (non-hydrogen) atoms. The Bertz CT molecular complexity index is 599. The fourth-order valence-electron chi connectivity index (χ4n) is 1.93. The molecule has 0 aromatic heterocycles. The average molecular weight is 305 g/mol. The molecule has 0 bridgehead atoms. The van der Waals surface area contributed by atoms with Crippen LogP contribution in [-0.2, 0) is 13.0 Å². The Hall–Kier alpha value is -1.58. The molecule has 0 spiro atoms. The predicted molar refractivity (Wildman–Crippen MR) is 90.3 cm³/mol. The summed E-state index contributed by atoms with van der Waals surface area (Å²) in [6, 6.07) is 15.9. The third-order valence-corrected chi connectivity index (χ3v) is 3.66. The number of aryl methyl sites for hydroxylation is 1. The minimum atomic E-state index is 0.603. The second kappa shape index (κ2) is 7.27. The smallest absolute Gasteiger partial charge is 0.171 e. The van der Waals surface area contributed by atoms with Crippen LogP contribution < -0.4 is 10.6 Å². The predicted octanol–water partition coefficient (Wildman–Crippen LogP) is 4.39. The maximum atomic E-state index is 6.11. The lowest BCUT2D eigenvalue weighted by atomic mass is 10.1. The minimum absolute atomic E-state index is 0.603. The van der Waals surface area contributed by atoms with E-state index in [-0.39, 0.29) is 0 Å². The summed E-state index contributed by atoms with van der Waals surface area (Å²) in [6.07, 6.45) is 0.969. The van der Waals surface area contributed by atoms with Crippen LogP contribution in [0, 0.1) is 0 Å². The van der Waals surface area contributed by atoms with E-state index in [9.17, 15) is 0 Å². The second-order valence-corrected chi connectivity index (χ2v) is 5.23. The summed E-state index contributed by atoms with van der Waals surface area (Å²) < 4.78 is 0. The van der Waals surface area contributed by atoms with E-state index in [2.05, 4.69) is 23.6 Å². The molecule has 0 saturated carbocycles. The number of halogens is 1. The monoisotopic (exact) mass is 304 g/mol. The van der Waals surface area contributed by atoms with Gasteiger partial charge < -0.3 is 10.6 Å². The summed E-state index contributed by atoms with van der Waals surface area (Å²) in [6.45, 7) is 2.74. The first kappa shape index (κ1) is 14.8. The number of thiocarbonyl (C=S) groups is 1. The van der Waals surface area contributed by atoms with Gasteiger partial charge in [0, 0.05) is 17.3 Å². The van der Waals surface area contributed by atoms with Gasteiger partial charge in [0.25, 0.3) is 0 Å². The summed E-state index contributed by atoms with van der Waals surface area (Å²) in [7, 11) is 0. The van der Waals surface area contributed by atoms with Crippen molar-refractivity contribution in [2.45, 2.75) is 19.9 Å². The van der Waals surface area contributed by atoms with Crippen LogP contribution in [0.4, 0.5) is 5.69 Å². The molecule has 0 aliphatic rings. The molecule has 2 nitrogen and oxygen atoms in total. The summed E-state index contributed by atoms with van der Waals surface area (Å²) in [5.74, 6) is 0. The van der Waals surface area contributed by atoms with Crippen molar-refractivity contribution in [2.75, 3.05) is 5.32 Å². The number of anilines is 1. The number of hydrogen-bond donors (Lipinski definition) is 2. The van der Waals surface area contributed by atoms with Crippen molar-refractivity contribution in [1.82, 2.24) is 5.32 Å². The molecular formula is C16H17ClN2S. The fourth-order valence-corrected chi connectivity index (χ4v) is 2.32. The molecule has 0 heterocycles. The van der Waals surface area contributed by atoms with Gasteiger partial charge in [-0.15, -0.1) is 0 Å². The normalized spacial score (nSPS) is 10.1. The highest BCUT2D eigenvalue weighted by molar-refractivity contribution is 7.80. The van der Waals surface area contributed by atoms with Crippen molar-refractivity contribution in [3.63, 3.8) is 0 Å². The van der Waals surface area contributed by atoms with Crippen molar-refractivity contribution in [3.05, 3.63) is 64.7 Å². The molecule has 0 fully saturated rings. The molecule has 0 atom stereocenters. The molecule has 0 aliphatic heterocycles. The van der Waals surface area contributed by atoms with E-state index >= 15 is 0 Å². The van der Waals surface area contributed by atoms with Gasteiger partial charge in [-0.3, -0.25) is 0 Å². The van der Waals surface area contributed by atoms with Crippen molar-refractivity contribution < 1.29 is 0 Å². The van der Waals surface area contributed by atoms with E-state index in [1.807, 2.05) is 42.5 Å². The van der Waals surface area contributed by atoms with Crippen molar-refractivity contribution in [1.29, 1.82) is 0 Å². The minimum Gasteiger partial charge on any atom is -0.358 e. The maximum Gasteiger partial charge on any atom is 0.171 e. The molecule has 0 aliphatic carbocycles. The number of hydrogen-bond acceptors (Lipinski definition) is 1. The van der Waals surface area contributed by atoms with Gasteiger partial charge in [0.05, 0.1) is 0 Å². The fraction of sp³-hybridized carbons (Fsp3) is 0.188. The molecule has 2 rings (SSSR count). The summed E-state index contributed by atoms with van der Waals surface area (Å²) in [5.41, 5.74) is 3.32. The molecule has 0 amide bonds. The zero-order valence-corrected chi connectivity index (χ0v) is 12.9. The molecular weight excluding hydrogens is 288 g/mol. The SMILES string of the molecule is CCc1ccccc1NC(=S)NCc1ccccc1Cl. The summed E-state index contributed by atoms with van der Waals surface area (Å²) >= 11 is 11.4. The van der Waals surface area contributed by atoms with Gasteiger partial charge in [-0.1, -0.05) is 54.9 Å². The first-order chi connectivity index (χ1) is 9.70. The van der Waals surface area contributed by atoms with Gasteiger partial charge in [0.2, 0.25) is 0 Å². The van der Waals surface area contributed by atoms with E-state index < -0.39 is 0 Å². The van der Waals surface area contributed by atoms with E-state index in [4.69, 9.17) is 23.8 Å². The Labute approximate surface area is 130 Å². The lowest BCUT2D eigenvalue weighted by Crippen LogP contribution is -2.28. The van der Waals surface area contributed by atoms with Crippen molar-refractivity contribution >= 4 is 34.6 Å². The van der Waals surface area contributed by atoms with Crippen molar-refractivity contribution in [3.8, 4) is 0 Å². The number of para-hydroxylation sites is 1. The van der Waals surface area contributed by atoms with Crippen LogP contribution in [-0.4, -0.2) is 5.11 Å². The van der Waals surface area contributed by atoms with Crippen LogP contribution >= 0.6 is 23.8 Å². The first-order valence-electron chi connectivity index (χ1n) is 6.57. The number of nitrogens with one attached hydrogen (secondary N) is 2. The van der Waals surface area contributed by atoms with Crippen LogP contribution in [0.3, 0.4) is 0 Å². The summed E-state index contributed by atoms with van der Waals surface area (Å²) in [5, 5.41) is 7.75. The molecule has 2 aromatic carbocycles. The lowest BCUT2D eigenvalue weighted by molar-refractivity contribution is 0.925. The molecule has 0 unspecified atom stereocenters. The van der Waals surface area contributed by atoms with Gasteiger partial charge in [0.15, 0.2) is 5.11 Å². The Morgan fingerprint density at radius 3 is 2.40 bits per heavy atom. The molecule has 2 N–H and O–H groups in total. The van der Waals surface area contributed by atoms with E-state index in [1.54, 1.807) is 0 Å². The van der Waals surface area contributed by atoms with Crippen LogP contribution in [0.25, 0.3) is 0 Å². The summed E-state index contributed by atoms with van der Waals surface area (Å²) in [4.78, 5) is 0. The maximum absolute atomic E-state index is 6.11. The van der Waals surface area contributed by atoms with Gasteiger partial charge in [-0.05, 0) is 41.9 Å². The van der Waals surface area contributed by atoms with Crippen LogP contribution in [0.2, 0.25) is 5.02 Å². The number of rotatable bonds is 4. The standard InChI is InChI=1S/C16H17ClN2S/c1-2-12-7-4-6-10-15(12)19-16(20)18-11-13-8-3-5-9-14(13)17/h3-10H,2,11H2,1H3,(H2,18,19,20). The number of benzene rings is 2. The first-order valence-corrected chi connectivity index (χ1v) is 7.35. The van der Waals surface area contributed by atoms with Gasteiger partial charge >= 0.3 is 0 Å². The lowest BCUT2D eigenvalue weighted by Gasteiger charge is -2.13. The topological polar surface area (TPSA) is 24.1 Å². The Kier molecular flexibility index (Phi) is 5.39. The van der Waals surface area contributed by atoms with Crippen LogP contribution in [0.15, 0.2) is 48.5 Å². The van der Waals surface area contributed by atoms with Crippen LogP contribution in [0.1, 0.15) is 18.1 Å². The highest BCUT2D eigenvalue weighted by Crippen LogP contribution is 2.16. The molecule has 4 heteroatoms. The van der Waals surface area contributed by atoms with Gasteiger partial charge in [-0.2, -0.15) is 0 Å². The Balaban J connectivity index is 1.95. The Morgan fingerprint density at radius 2 is 1.70 bits per heavy atom. The highest BCUT2D eigenvalue weighted by atomic mass is 35.5. The quantitative estimate of drug-likeness (QED) is 0.819. The molecule has 2 aromatic rings. The largest absolute Gasteiger partial charge is 0.358 e. The zero-order valence-electron chi connectivity index (χ0n) is 11.3. The van der Waals surface area contributed by atoms with E-state index in [0.29, 0.717) is 11.7 Å². The second-order valence-electron chi connectivity index (χ2n) is 4.41. The van der Waals surface area contributed by atoms with Crippen molar-refractivity contribution in [2.24, 2.45) is 0 Å². The van der Waals surface area contributed by atoms with Gasteiger partial charge in [0.1, 0.15) is 0 Å².